The third kappa shape index (κ3) is 3.87. The van der Waals surface area contributed by atoms with Crippen LogP contribution in [0.15, 0.2) is 59.6 Å². The maximum absolute atomic E-state index is 12.4. The molecule has 1 radical (unpaired) electrons. The third-order valence-corrected chi connectivity index (χ3v) is 4.55. The summed E-state index contributed by atoms with van der Waals surface area (Å²) in [7, 11) is 0. The van der Waals surface area contributed by atoms with E-state index in [0.29, 0.717) is 30.5 Å². The van der Waals surface area contributed by atoms with Crippen LogP contribution >= 0.6 is 0 Å². The van der Waals surface area contributed by atoms with Crippen molar-refractivity contribution < 1.29 is 29.8 Å². The standard InChI is InChI=1S/C21H15N2O3.Ir/c24-21-7-3-6-19(16-9-8-14-4-1-2-5-15(14)12-16)22-20-11-10-17(23(25)26)13-18(20)21;/h1-2,4-5,8,10-13H,3,6-7H2;/q-1;. The first kappa shape index (κ1) is 19.1. The number of non-ortho nitro benzene ring substituents is 1. The Hall–Kier alpha value is -2.69. The van der Waals surface area contributed by atoms with E-state index < -0.39 is 4.92 Å². The minimum Gasteiger partial charge on any atom is -0.300 e. The largest absolute Gasteiger partial charge is 0.300 e. The fraction of sp³-hybridized carbons (Fsp3) is 0.143. The first-order valence-corrected chi connectivity index (χ1v) is 8.42. The van der Waals surface area contributed by atoms with E-state index in [0.717, 1.165) is 22.0 Å². The molecule has 0 atom stereocenters. The van der Waals surface area contributed by atoms with Crippen LogP contribution in [0.25, 0.3) is 10.8 Å². The van der Waals surface area contributed by atoms with Crippen LogP contribution in [0, 0.1) is 16.2 Å². The number of rotatable bonds is 2. The Morgan fingerprint density at radius 2 is 1.81 bits per heavy atom. The van der Waals surface area contributed by atoms with Crippen molar-refractivity contribution in [1.82, 2.24) is 0 Å². The van der Waals surface area contributed by atoms with Gasteiger partial charge in [-0.2, -0.15) is 0 Å². The number of hydrogen-bond donors (Lipinski definition) is 0. The van der Waals surface area contributed by atoms with Gasteiger partial charge >= 0.3 is 0 Å². The summed E-state index contributed by atoms with van der Waals surface area (Å²) in [6.07, 6.45) is 1.66. The van der Waals surface area contributed by atoms with Gasteiger partial charge in [0.05, 0.1) is 10.6 Å². The zero-order valence-electron chi connectivity index (χ0n) is 14.3. The number of aliphatic imine (C=N–C) groups is 1. The molecule has 4 rings (SSSR count). The van der Waals surface area contributed by atoms with Gasteiger partial charge in [0.1, 0.15) is 0 Å². The van der Waals surface area contributed by atoms with Gasteiger partial charge in [-0.3, -0.25) is 14.9 Å². The molecular weight excluding hydrogens is 520 g/mol. The van der Waals surface area contributed by atoms with Gasteiger partial charge < -0.3 is 4.99 Å². The number of fused-ring (bicyclic) bond motifs is 2. The number of ketones is 1. The predicted molar refractivity (Wildman–Crippen MR) is 100 cm³/mol. The minimum absolute atomic E-state index is 0. The summed E-state index contributed by atoms with van der Waals surface area (Å²) in [5.41, 5.74) is 2.45. The van der Waals surface area contributed by atoms with Gasteiger partial charge in [0.2, 0.25) is 0 Å². The zero-order chi connectivity index (χ0) is 18.1. The summed E-state index contributed by atoms with van der Waals surface area (Å²) >= 11 is 0. The van der Waals surface area contributed by atoms with E-state index in [4.69, 9.17) is 0 Å². The second kappa shape index (κ2) is 7.90. The Kier molecular flexibility index (Phi) is 5.59. The topological polar surface area (TPSA) is 72.6 Å². The number of carbonyl (C=O) groups excluding carboxylic acids is 1. The van der Waals surface area contributed by atoms with E-state index >= 15 is 0 Å². The molecule has 0 saturated heterocycles. The third-order valence-electron chi connectivity index (χ3n) is 4.55. The van der Waals surface area contributed by atoms with E-state index in [2.05, 4.69) is 11.1 Å². The summed E-state index contributed by atoms with van der Waals surface area (Å²) in [5.74, 6) is -0.103. The minimum atomic E-state index is -0.492. The van der Waals surface area contributed by atoms with Crippen molar-refractivity contribution >= 4 is 33.6 Å². The second-order valence-electron chi connectivity index (χ2n) is 6.27. The summed E-state index contributed by atoms with van der Waals surface area (Å²) < 4.78 is 0. The van der Waals surface area contributed by atoms with Crippen LogP contribution in [0.4, 0.5) is 11.4 Å². The van der Waals surface area contributed by atoms with Gasteiger partial charge in [-0.15, -0.1) is 29.1 Å². The Morgan fingerprint density at radius 1 is 1.04 bits per heavy atom. The molecule has 0 N–H and O–H groups in total. The maximum Gasteiger partial charge on any atom is 0.270 e. The zero-order valence-corrected chi connectivity index (χ0v) is 16.7. The molecule has 0 spiro atoms. The van der Waals surface area contributed by atoms with E-state index in [9.17, 15) is 14.9 Å². The SMILES string of the molecule is O=C1CCCC(c2[c-]cc3ccccc3c2)=Nc2ccc([N+](=O)[O-])cc21.[Ir]. The van der Waals surface area contributed by atoms with Crippen molar-refractivity contribution in [3.8, 4) is 0 Å². The van der Waals surface area contributed by atoms with Gasteiger partial charge in [-0.1, -0.05) is 29.7 Å². The molecule has 0 unspecified atom stereocenters. The quantitative estimate of drug-likeness (QED) is 0.263. The molecule has 27 heavy (non-hydrogen) atoms. The molecule has 1 heterocycles. The van der Waals surface area contributed by atoms with Crippen LogP contribution in [0.2, 0.25) is 0 Å². The van der Waals surface area contributed by atoms with Gasteiger partial charge in [0, 0.05) is 44.2 Å². The fourth-order valence-corrected chi connectivity index (χ4v) is 3.20. The predicted octanol–water partition coefficient (Wildman–Crippen LogP) is 5.03. The molecule has 0 aliphatic carbocycles. The molecule has 3 aromatic carbocycles. The molecular formula is C21H15IrN2O3-. The first-order chi connectivity index (χ1) is 12.6. The number of carbonyl (C=O) groups is 1. The molecule has 0 amide bonds. The Balaban J connectivity index is 0.00000210. The normalized spacial score (nSPS) is 13.8. The average Bonchev–Trinajstić information content (AvgIpc) is 2.65. The van der Waals surface area contributed by atoms with Gasteiger partial charge in [0.15, 0.2) is 5.78 Å². The number of hydrogen-bond acceptors (Lipinski definition) is 4. The van der Waals surface area contributed by atoms with E-state index in [-0.39, 0.29) is 31.6 Å². The first-order valence-electron chi connectivity index (χ1n) is 8.42. The van der Waals surface area contributed by atoms with Crippen molar-refractivity contribution in [2.24, 2.45) is 4.99 Å². The summed E-state index contributed by atoms with van der Waals surface area (Å²) in [6.45, 7) is 0. The second-order valence-corrected chi connectivity index (χ2v) is 6.27. The van der Waals surface area contributed by atoms with E-state index in [1.54, 1.807) is 6.07 Å². The Labute approximate surface area is 169 Å². The van der Waals surface area contributed by atoms with Crippen LogP contribution in [-0.2, 0) is 20.1 Å². The molecule has 0 bridgehead atoms. The van der Waals surface area contributed by atoms with Crippen molar-refractivity contribution in [1.29, 1.82) is 0 Å². The number of benzene rings is 3. The van der Waals surface area contributed by atoms with Crippen molar-refractivity contribution in [2.75, 3.05) is 0 Å². The summed E-state index contributed by atoms with van der Waals surface area (Å²) in [5, 5.41) is 13.2. The molecule has 137 valence electrons. The van der Waals surface area contributed by atoms with Crippen LogP contribution < -0.4 is 0 Å². The molecule has 0 fully saturated rings. The van der Waals surface area contributed by atoms with Crippen LogP contribution in [0.5, 0.6) is 0 Å². The maximum atomic E-state index is 12.4. The molecule has 0 aromatic heterocycles. The van der Waals surface area contributed by atoms with E-state index in [1.807, 2.05) is 36.4 Å². The summed E-state index contributed by atoms with van der Waals surface area (Å²) in [4.78, 5) is 27.5. The molecule has 1 aliphatic heterocycles. The Morgan fingerprint density at radius 3 is 2.59 bits per heavy atom. The van der Waals surface area contributed by atoms with Gasteiger partial charge in [-0.05, 0) is 24.6 Å². The van der Waals surface area contributed by atoms with Crippen molar-refractivity contribution in [3.05, 3.63) is 81.9 Å². The number of nitrogens with zero attached hydrogens (tertiary/aromatic N) is 2. The average molecular weight is 536 g/mol. The van der Waals surface area contributed by atoms with E-state index in [1.165, 1.54) is 12.1 Å². The van der Waals surface area contributed by atoms with Crippen LogP contribution in [0.3, 0.4) is 0 Å². The van der Waals surface area contributed by atoms with Gasteiger partial charge in [0.25, 0.3) is 5.69 Å². The number of nitro groups is 1. The summed E-state index contributed by atoms with van der Waals surface area (Å²) in [6, 6.07) is 19.6. The molecule has 6 heteroatoms. The smallest absolute Gasteiger partial charge is 0.270 e. The van der Waals surface area contributed by atoms with Crippen LogP contribution in [-0.4, -0.2) is 16.4 Å². The number of nitro benzene ring substituents is 1. The Bertz CT molecular complexity index is 1080. The van der Waals surface area contributed by atoms with Gasteiger partial charge in [-0.25, -0.2) is 0 Å². The molecule has 1 aliphatic rings. The van der Waals surface area contributed by atoms with Crippen molar-refractivity contribution in [3.63, 3.8) is 0 Å². The molecule has 5 nitrogen and oxygen atoms in total. The van der Waals surface area contributed by atoms with Crippen LogP contribution in [0.1, 0.15) is 35.2 Å². The molecule has 0 saturated carbocycles. The fourth-order valence-electron chi connectivity index (χ4n) is 3.20. The monoisotopic (exact) mass is 536 g/mol. The van der Waals surface area contributed by atoms with Crippen molar-refractivity contribution in [2.45, 2.75) is 19.3 Å². The number of Topliss-reactive ketones (excluding diaryl/α,β-unsaturated/α-hetero) is 1. The molecule has 3 aromatic rings.